The van der Waals surface area contributed by atoms with Gasteiger partial charge in [0, 0.05) is 37.4 Å². The van der Waals surface area contributed by atoms with Gasteiger partial charge in [-0.2, -0.15) is 4.37 Å². The van der Waals surface area contributed by atoms with E-state index in [1.165, 1.54) is 12.1 Å². The monoisotopic (exact) mass is 412 g/mol. The molecule has 1 aromatic heterocycles. The number of carbonyl (C=O) groups excluding carboxylic acids is 1. The van der Waals surface area contributed by atoms with Crippen molar-refractivity contribution < 1.29 is 13.9 Å². The van der Waals surface area contributed by atoms with Crippen LogP contribution in [0.25, 0.3) is 11.3 Å². The first-order valence-corrected chi connectivity index (χ1v) is 10.0. The summed E-state index contributed by atoms with van der Waals surface area (Å²) in [5, 5.41) is 0. The fourth-order valence-corrected chi connectivity index (χ4v) is 4.16. The van der Waals surface area contributed by atoms with Gasteiger partial charge < -0.3 is 20.3 Å². The number of ether oxygens (including phenoxy) is 1. The molecule has 1 fully saturated rings. The second kappa shape index (κ2) is 8.08. The van der Waals surface area contributed by atoms with E-state index in [-0.39, 0.29) is 11.7 Å². The average molecular weight is 412 g/mol. The maximum absolute atomic E-state index is 13.1. The second-order valence-corrected chi connectivity index (χ2v) is 7.53. The van der Waals surface area contributed by atoms with Gasteiger partial charge in [-0.25, -0.2) is 4.39 Å². The normalized spacial score (nSPS) is 14.1. The van der Waals surface area contributed by atoms with Crippen molar-refractivity contribution in [2.24, 2.45) is 0 Å². The highest BCUT2D eigenvalue weighted by Crippen LogP contribution is 2.32. The molecule has 0 spiro atoms. The van der Waals surface area contributed by atoms with Gasteiger partial charge >= 0.3 is 0 Å². The fourth-order valence-electron chi connectivity index (χ4n) is 3.37. The van der Waals surface area contributed by atoms with Gasteiger partial charge in [0.05, 0.1) is 12.8 Å². The van der Waals surface area contributed by atoms with Crippen molar-refractivity contribution >= 4 is 28.8 Å². The van der Waals surface area contributed by atoms with Gasteiger partial charge in [0.2, 0.25) is 0 Å². The highest BCUT2D eigenvalue weighted by molar-refractivity contribution is 7.09. The van der Waals surface area contributed by atoms with Crippen molar-refractivity contribution in [2.45, 2.75) is 0 Å². The Morgan fingerprint density at radius 3 is 2.34 bits per heavy atom. The number of methoxy groups -OCH3 is 1. The van der Waals surface area contributed by atoms with Crippen LogP contribution in [0.5, 0.6) is 5.75 Å². The number of hydrogen-bond donors (Lipinski definition) is 1. The number of nitrogen functional groups attached to an aromatic ring is 1. The first kappa shape index (κ1) is 19.2. The summed E-state index contributed by atoms with van der Waals surface area (Å²) >= 11 is 1.13. The number of amides is 1. The van der Waals surface area contributed by atoms with Crippen LogP contribution in [0.4, 0.5) is 15.8 Å². The third-order valence-corrected chi connectivity index (χ3v) is 5.90. The van der Waals surface area contributed by atoms with Crippen molar-refractivity contribution in [1.82, 2.24) is 9.27 Å². The van der Waals surface area contributed by atoms with Crippen LogP contribution < -0.4 is 15.4 Å². The molecule has 2 aromatic carbocycles. The zero-order valence-electron chi connectivity index (χ0n) is 16.0. The van der Waals surface area contributed by atoms with Crippen LogP contribution in [0, 0.1) is 5.82 Å². The van der Waals surface area contributed by atoms with Crippen LogP contribution in [0.1, 0.15) is 9.67 Å². The zero-order chi connectivity index (χ0) is 20.4. The molecular formula is C21H21FN4O2S. The number of rotatable bonds is 4. The number of piperazine rings is 1. The molecule has 3 aromatic rings. The molecule has 6 nitrogen and oxygen atoms in total. The van der Waals surface area contributed by atoms with E-state index in [9.17, 15) is 9.18 Å². The van der Waals surface area contributed by atoms with Crippen LogP contribution in [0.15, 0.2) is 48.5 Å². The van der Waals surface area contributed by atoms with Crippen molar-refractivity contribution in [3.05, 3.63) is 59.2 Å². The van der Waals surface area contributed by atoms with Gasteiger partial charge in [0.1, 0.15) is 22.1 Å². The van der Waals surface area contributed by atoms with Gasteiger partial charge in [-0.05, 0) is 60.1 Å². The van der Waals surface area contributed by atoms with E-state index in [4.69, 9.17) is 10.5 Å². The lowest BCUT2D eigenvalue weighted by atomic mass is 10.1. The number of aromatic nitrogens is 1. The standard InChI is InChI=1S/C21H21FN4O2S/c1-28-17-8-2-14(3-9-17)19-18(23)20(29-24-19)21(27)26-12-10-25(11-13-26)16-6-4-15(22)5-7-16/h2-9H,10-13,23H2,1H3. The molecule has 0 saturated carbocycles. The Hall–Kier alpha value is -3.13. The number of nitrogens with zero attached hydrogens (tertiary/aromatic N) is 3. The van der Waals surface area contributed by atoms with Crippen molar-refractivity contribution in [1.29, 1.82) is 0 Å². The van der Waals surface area contributed by atoms with Gasteiger partial charge in [-0.3, -0.25) is 4.79 Å². The van der Waals surface area contributed by atoms with E-state index in [1.54, 1.807) is 24.1 Å². The maximum Gasteiger partial charge on any atom is 0.267 e. The molecular weight excluding hydrogens is 391 g/mol. The van der Waals surface area contributed by atoms with Gasteiger partial charge in [-0.1, -0.05) is 0 Å². The Kier molecular flexibility index (Phi) is 5.35. The van der Waals surface area contributed by atoms with Crippen LogP contribution in [0.2, 0.25) is 0 Å². The van der Waals surface area contributed by atoms with E-state index < -0.39 is 0 Å². The molecule has 0 unspecified atom stereocenters. The topological polar surface area (TPSA) is 71.7 Å². The zero-order valence-corrected chi connectivity index (χ0v) is 16.8. The van der Waals surface area contributed by atoms with Gasteiger partial charge in [-0.15, -0.1) is 0 Å². The molecule has 0 atom stereocenters. The molecule has 0 aliphatic carbocycles. The van der Waals surface area contributed by atoms with E-state index in [0.717, 1.165) is 28.5 Å². The van der Waals surface area contributed by atoms with Crippen LogP contribution in [0.3, 0.4) is 0 Å². The highest BCUT2D eigenvalue weighted by Gasteiger charge is 2.26. The summed E-state index contributed by atoms with van der Waals surface area (Å²) in [7, 11) is 1.61. The van der Waals surface area contributed by atoms with E-state index in [0.29, 0.717) is 42.4 Å². The third-order valence-electron chi connectivity index (χ3n) is 5.04. The summed E-state index contributed by atoms with van der Waals surface area (Å²) in [6.07, 6.45) is 0. The number of carbonyl (C=O) groups is 1. The van der Waals surface area contributed by atoms with E-state index in [2.05, 4.69) is 9.27 Å². The number of halogens is 1. The van der Waals surface area contributed by atoms with Gasteiger partial charge in [0.15, 0.2) is 0 Å². The molecule has 1 saturated heterocycles. The Morgan fingerprint density at radius 2 is 1.72 bits per heavy atom. The predicted octanol–water partition coefficient (Wildman–Crippen LogP) is 3.50. The molecule has 0 bridgehead atoms. The maximum atomic E-state index is 13.1. The van der Waals surface area contributed by atoms with Crippen molar-refractivity contribution in [3.8, 4) is 17.0 Å². The Bertz CT molecular complexity index is 997. The summed E-state index contributed by atoms with van der Waals surface area (Å²) < 4.78 is 22.7. The first-order valence-electron chi connectivity index (χ1n) is 9.26. The lowest BCUT2D eigenvalue weighted by Gasteiger charge is -2.36. The van der Waals surface area contributed by atoms with Crippen LogP contribution >= 0.6 is 11.5 Å². The summed E-state index contributed by atoms with van der Waals surface area (Å²) in [4.78, 5) is 17.4. The van der Waals surface area contributed by atoms with Gasteiger partial charge in [0.25, 0.3) is 5.91 Å². The summed E-state index contributed by atoms with van der Waals surface area (Å²) in [5.41, 5.74) is 9.10. The van der Waals surface area contributed by atoms with E-state index >= 15 is 0 Å². The first-order chi connectivity index (χ1) is 14.1. The molecule has 0 radical (unpaired) electrons. The molecule has 29 heavy (non-hydrogen) atoms. The molecule has 150 valence electrons. The number of benzene rings is 2. The predicted molar refractivity (Wildman–Crippen MR) is 113 cm³/mol. The summed E-state index contributed by atoms with van der Waals surface area (Å²) in [6, 6.07) is 13.8. The lowest BCUT2D eigenvalue weighted by Crippen LogP contribution is -2.48. The fraction of sp³-hybridized carbons (Fsp3) is 0.238. The Morgan fingerprint density at radius 1 is 1.07 bits per heavy atom. The Labute approximate surface area is 172 Å². The SMILES string of the molecule is COc1ccc(-c2nsc(C(=O)N3CCN(c4ccc(F)cc4)CC3)c2N)cc1. The third kappa shape index (κ3) is 3.88. The van der Waals surface area contributed by atoms with E-state index in [1.807, 2.05) is 24.3 Å². The minimum Gasteiger partial charge on any atom is -0.497 e. The molecule has 4 rings (SSSR count). The quantitative estimate of drug-likeness (QED) is 0.710. The molecule has 1 amide bonds. The molecule has 2 heterocycles. The van der Waals surface area contributed by atoms with Crippen molar-refractivity contribution in [2.75, 3.05) is 43.9 Å². The van der Waals surface area contributed by atoms with Crippen LogP contribution in [-0.4, -0.2) is 48.5 Å². The minimum absolute atomic E-state index is 0.0986. The number of anilines is 2. The average Bonchev–Trinajstić information content (AvgIpc) is 3.15. The summed E-state index contributed by atoms with van der Waals surface area (Å²) in [5.74, 6) is 0.396. The molecule has 1 aliphatic rings. The number of hydrogen-bond acceptors (Lipinski definition) is 6. The number of nitrogens with two attached hydrogens (primary N) is 1. The largest absolute Gasteiger partial charge is 0.497 e. The highest BCUT2D eigenvalue weighted by atomic mass is 32.1. The minimum atomic E-state index is -0.254. The second-order valence-electron chi connectivity index (χ2n) is 6.76. The molecule has 8 heteroatoms. The Balaban J connectivity index is 1.45. The summed E-state index contributed by atoms with van der Waals surface area (Å²) in [6.45, 7) is 2.51. The van der Waals surface area contributed by atoms with Crippen molar-refractivity contribution in [3.63, 3.8) is 0 Å². The smallest absolute Gasteiger partial charge is 0.267 e. The van der Waals surface area contributed by atoms with Crippen LogP contribution in [-0.2, 0) is 0 Å². The molecule has 1 aliphatic heterocycles. The molecule has 2 N–H and O–H groups in total. The lowest BCUT2D eigenvalue weighted by molar-refractivity contribution is 0.0752.